The van der Waals surface area contributed by atoms with Crippen LogP contribution in [-0.2, 0) is 0 Å². The highest BCUT2D eigenvalue weighted by molar-refractivity contribution is 6.33. The number of aromatic nitrogens is 1. The lowest BCUT2D eigenvalue weighted by atomic mass is 9.92. The van der Waals surface area contributed by atoms with E-state index in [1.165, 1.54) is 12.8 Å². The zero-order valence-corrected chi connectivity index (χ0v) is 13.6. The Balaban J connectivity index is 1.99. The first-order valence-corrected chi connectivity index (χ1v) is 8.22. The second-order valence-corrected chi connectivity index (χ2v) is 6.02. The Morgan fingerprint density at radius 1 is 1.43 bits per heavy atom. The van der Waals surface area contributed by atoms with E-state index < -0.39 is 0 Å². The van der Waals surface area contributed by atoms with Crippen molar-refractivity contribution in [1.82, 2.24) is 9.88 Å². The van der Waals surface area contributed by atoms with Crippen molar-refractivity contribution in [2.45, 2.75) is 39.5 Å². The fourth-order valence-electron chi connectivity index (χ4n) is 2.87. The molecule has 0 bridgehead atoms. The average Bonchev–Trinajstić information content (AvgIpc) is 2.50. The van der Waals surface area contributed by atoms with Crippen LogP contribution in [0.3, 0.4) is 0 Å². The number of hydrogen-bond acceptors (Lipinski definition) is 3. The Kier molecular flexibility index (Phi) is 5.85. The smallest absolute Gasteiger partial charge is 0.255 e. The lowest BCUT2D eigenvalue weighted by Gasteiger charge is -2.32. The van der Waals surface area contributed by atoms with Gasteiger partial charge in [-0.25, -0.2) is 4.98 Å². The minimum atomic E-state index is 0.0439. The van der Waals surface area contributed by atoms with E-state index in [0.717, 1.165) is 38.4 Å². The van der Waals surface area contributed by atoms with Crippen molar-refractivity contribution in [1.29, 1.82) is 0 Å². The molecule has 1 saturated heterocycles. The van der Waals surface area contributed by atoms with Gasteiger partial charge in [-0.1, -0.05) is 31.4 Å². The number of amides is 1. The van der Waals surface area contributed by atoms with Gasteiger partial charge in [-0.3, -0.25) is 4.79 Å². The molecule has 116 valence electrons. The van der Waals surface area contributed by atoms with Gasteiger partial charge in [0, 0.05) is 25.8 Å². The molecule has 2 heterocycles. The van der Waals surface area contributed by atoms with Gasteiger partial charge in [-0.2, -0.15) is 0 Å². The number of likely N-dealkylation sites (tertiary alicyclic amines) is 1. The first-order valence-electron chi connectivity index (χ1n) is 7.84. The van der Waals surface area contributed by atoms with E-state index in [2.05, 4.69) is 17.2 Å². The molecule has 1 aromatic rings. The van der Waals surface area contributed by atoms with Crippen molar-refractivity contribution in [2.24, 2.45) is 5.92 Å². The SMILES string of the molecule is CCCC1CCN(C(=O)c2cnc(NCC)c(Cl)c2)CC1. The lowest BCUT2D eigenvalue weighted by molar-refractivity contribution is 0.0686. The number of rotatable bonds is 5. The van der Waals surface area contributed by atoms with Crippen molar-refractivity contribution in [3.8, 4) is 0 Å². The zero-order valence-electron chi connectivity index (χ0n) is 12.9. The quantitative estimate of drug-likeness (QED) is 0.899. The van der Waals surface area contributed by atoms with Crippen LogP contribution < -0.4 is 5.32 Å². The minimum absolute atomic E-state index is 0.0439. The highest BCUT2D eigenvalue weighted by atomic mass is 35.5. The number of anilines is 1. The maximum Gasteiger partial charge on any atom is 0.255 e. The summed E-state index contributed by atoms with van der Waals surface area (Å²) in [5.74, 6) is 1.46. The van der Waals surface area contributed by atoms with E-state index in [-0.39, 0.29) is 5.91 Å². The maximum absolute atomic E-state index is 12.5. The van der Waals surface area contributed by atoms with Crippen LogP contribution in [0.5, 0.6) is 0 Å². The van der Waals surface area contributed by atoms with Crippen LogP contribution in [0.25, 0.3) is 0 Å². The molecule has 4 nitrogen and oxygen atoms in total. The number of carbonyl (C=O) groups is 1. The van der Waals surface area contributed by atoms with Crippen LogP contribution in [0.2, 0.25) is 5.02 Å². The van der Waals surface area contributed by atoms with Crippen LogP contribution in [0.1, 0.15) is 49.9 Å². The van der Waals surface area contributed by atoms with Crippen LogP contribution in [0.15, 0.2) is 12.3 Å². The molecule has 0 aromatic carbocycles. The summed E-state index contributed by atoms with van der Waals surface area (Å²) in [6.07, 6.45) is 6.33. The second-order valence-electron chi connectivity index (χ2n) is 5.61. The Labute approximate surface area is 131 Å². The van der Waals surface area contributed by atoms with E-state index in [0.29, 0.717) is 16.4 Å². The molecule has 1 aliphatic heterocycles. The summed E-state index contributed by atoms with van der Waals surface area (Å²) >= 11 is 6.16. The first kappa shape index (κ1) is 16.1. The van der Waals surface area contributed by atoms with Gasteiger partial charge in [-0.15, -0.1) is 0 Å². The number of pyridine rings is 1. The van der Waals surface area contributed by atoms with Crippen molar-refractivity contribution in [3.05, 3.63) is 22.8 Å². The topological polar surface area (TPSA) is 45.2 Å². The summed E-state index contributed by atoms with van der Waals surface area (Å²) in [7, 11) is 0. The highest BCUT2D eigenvalue weighted by Crippen LogP contribution is 2.24. The minimum Gasteiger partial charge on any atom is -0.369 e. The Bertz CT molecular complexity index is 484. The fourth-order valence-corrected chi connectivity index (χ4v) is 3.10. The molecule has 1 amide bonds. The van der Waals surface area contributed by atoms with E-state index in [1.807, 2.05) is 11.8 Å². The molecule has 21 heavy (non-hydrogen) atoms. The van der Waals surface area contributed by atoms with Gasteiger partial charge in [0.1, 0.15) is 5.82 Å². The van der Waals surface area contributed by atoms with E-state index >= 15 is 0 Å². The number of hydrogen-bond donors (Lipinski definition) is 1. The summed E-state index contributed by atoms with van der Waals surface area (Å²) in [5, 5.41) is 3.58. The van der Waals surface area contributed by atoms with Gasteiger partial charge in [0.05, 0.1) is 10.6 Å². The van der Waals surface area contributed by atoms with Crippen molar-refractivity contribution >= 4 is 23.3 Å². The van der Waals surface area contributed by atoms with Crippen LogP contribution in [0.4, 0.5) is 5.82 Å². The molecular formula is C16H24ClN3O. The Hall–Kier alpha value is -1.29. The van der Waals surface area contributed by atoms with Gasteiger partial charge in [0.2, 0.25) is 0 Å². The molecule has 0 aliphatic carbocycles. The summed E-state index contributed by atoms with van der Waals surface area (Å²) in [6.45, 7) is 6.64. The lowest BCUT2D eigenvalue weighted by Crippen LogP contribution is -2.38. The molecule has 1 N–H and O–H groups in total. The van der Waals surface area contributed by atoms with E-state index in [4.69, 9.17) is 11.6 Å². The fraction of sp³-hybridized carbons (Fsp3) is 0.625. The predicted octanol–water partition coefficient (Wildman–Crippen LogP) is 3.82. The molecule has 0 atom stereocenters. The van der Waals surface area contributed by atoms with Crippen molar-refractivity contribution in [3.63, 3.8) is 0 Å². The molecule has 0 unspecified atom stereocenters. The molecule has 1 aliphatic rings. The zero-order chi connectivity index (χ0) is 15.2. The Morgan fingerprint density at radius 3 is 2.71 bits per heavy atom. The third-order valence-electron chi connectivity index (χ3n) is 4.03. The van der Waals surface area contributed by atoms with Crippen LogP contribution in [-0.4, -0.2) is 35.4 Å². The van der Waals surface area contributed by atoms with E-state index in [9.17, 15) is 4.79 Å². The van der Waals surface area contributed by atoms with Crippen molar-refractivity contribution < 1.29 is 4.79 Å². The van der Waals surface area contributed by atoms with Gasteiger partial charge in [0.15, 0.2) is 0 Å². The third kappa shape index (κ3) is 4.10. The highest BCUT2D eigenvalue weighted by Gasteiger charge is 2.23. The number of nitrogens with one attached hydrogen (secondary N) is 1. The third-order valence-corrected chi connectivity index (χ3v) is 4.32. The first-order chi connectivity index (χ1) is 10.2. The molecule has 0 saturated carbocycles. The molecular weight excluding hydrogens is 286 g/mol. The second kappa shape index (κ2) is 7.64. The van der Waals surface area contributed by atoms with Gasteiger partial charge < -0.3 is 10.2 Å². The Morgan fingerprint density at radius 2 is 2.14 bits per heavy atom. The van der Waals surface area contributed by atoms with Crippen LogP contribution >= 0.6 is 11.6 Å². The van der Waals surface area contributed by atoms with E-state index in [1.54, 1.807) is 12.3 Å². The van der Waals surface area contributed by atoms with Gasteiger partial charge >= 0.3 is 0 Å². The maximum atomic E-state index is 12.5. The molecule has 1 fully saturated rings. The molecule has 2 rings (SSSR count). The summed E-state index contributed by atoms with van der Waals surface area (Å²) in [6, 6.07) is 1.72. The largest absolute Gasteiger partial charge is 0.369 e. The number of halogens is 1. The molecule has 5 heteroatoms. The molecule has 1 aromatic heterocycles. The number of piperidine rings is 1. The summed E-state index contributed by atoms with van der Waals surface area (Å²) in [5.41, 5.74) is 0.579. The van der Waals surface area contributed by atoms with Crippen LogP contribution in [0, 0.1) is 5.92 Å². The number of nitrogens with zero attached hydrogens (tertiary/aromatic N) is 2. The summed E-state index contributed by atoms with van der Waals surface area (Å²) < 4.78 is 0. The van der Waals surface area contributed by atoms with Gasteiger partial charge in [-0.05, 0) is 31.7 Å². The number of carbonyl (C=O) groups excluding carboxylic acids is 1. The average molecular weight is 310 g/mol. The molecule has 0 spiro atoms. The monoisotopic (exact) mass is 309 g/mol. The van der Waals surface area contributed by atoms with Crippen molar-refractivity contribution in [2.75, 3.05) is 25.0 Å². The van der Waals surface area contributed by atoms with Gasteiger partial charge in [0.25, 0.3) is 5.91 Å². The standard InChI is InChI=1S/C16H24ClN3O/c1-3-5-12-6-8-20(9-7-12)16(21)13-10-14(17)15(18-4-2)19-11-13/h10-12H,3-9H2,1-2H3,(H,18,19). The normalized spacial score (nSPS) is 16.0. The molecule has 0 radical (unpaired) electrons. The summed E-state index contributed by atoms with van der Waals surface area (Å²) in [4.78, 5) is 18.7. The predicted molar refractivity (Wildman–Crippen MR) is 86.9 cm³/mol.